The second-order valence-electron chi connectivity index (χ2n) is 4.80. The molecule has 6 heteroatoms. The van der Waals surface area contributed by atoms with Gasteiger partial charge in [-0.2, -0.15) is 4.98 Å². The van der Waals surface area contributed by atoms with Crippen molar-refractivity contribution in [2.45, 2.75) is 25.9 Å². The van der Waals surface area contributed by atoms with Crippen molar-refractivity contribution >= 4 is 5.97 Å². The topological polar surface area (TPSA) is 73.3 Å². The van der Waals surface area contributed by atoms with Gasteiger partial charge in [0.1, 0.15) is 6.10 Å². The van der Waals surface area contributed by atoms with E-state index in [0.29, 0.717) is 17.5 Å². The summed E-state index contributed by atoms with van der Waals surface area (Å²) in [5.41, 5.74) is 0.691. The lowest BCUT2D eigenvalue weighted by Gasteiger charge is -2.34. The molecule has 0 saturated heterocycles. The van der Waals surface area contributed by atoms with E-state index in [1.807, 2.05) is 7.05 Å². The molecule has 1 aromatic rings. The fourth-order valence-corrected chi connectivity index (χ4v) is 2.18. The van der Waals surface area contributed by atoms with Gasteiger partial charge < -0.3 is 14.8 Å². The summed E-state index contributed by atoms with van der Waals surface area (Å²) >= 11 is 0. The van der Waals surface area contributed by atoms with Gasteiger partial charge in [-0.05, 0) is 39.3 Å². The fourth-order valence-electron chi connectivity index (χ4n) is 2.18. The number of aryl methyl sites for hydroxylation is 1. The van der Waals surface area contributed by atoms with E-state index in [0.717, 1.165) is 19.4 Å². The minimum atomic E-state index is -0.546. The van der Waals surface area contributed by atoms with Crippen molar-refractivity contribution in [3.05, 3.63) is 17.6 Å². The van der Waals surface area contributed by atoms with Gasteiger partial charge in [0.25, 0.3) is 0 Å². The number of esters is 1. The Labute approximate surface area is 112 Å². The molecule has 0 radical (unpaired) electrons. The molecule has 1 heterocycles. The van der Waals surface area contributed by atoms with Crippen LogP contribution in [0.25, 0.3) is 0 Å². The van der Waals surface area contributed by atoms with Crippen molar-refractivity contribution < 1.29 is 14.3 Å². The molecule has 6 nitrogen and oxygen atoms in total. The Balaban J connectivity index is 1.97. The molecule has 1 saturated carbocycles. The van der Waals surface area contributed by atoms with Gasteiger partial charge in [0.15, 0.2) is 0 Å². The van der Waals surface area contributed by atoms with Crippen molar-refractivity contribution in [1.29, 1.82) is 0 Å². The molecule has 0 bridgehead atoms. The average Bonchev–Trinajstić information content (AvgIpc) is 2.34. The maximum Gasteiger partial charge on any atom is 0.376 e. The van der Waals surface area contributed by atoms with E-state index in [-0.39, 0.29) is 11.9 Å². The van der Waals surface area contributed by atoms with Gasteiger partial charge in [-0.3, -0.25) is 0 Å². The summed E-state index contributed by atoms with van der Waals surface area (Å²) in [6.07, 6.45) is 2.20. The Hall–Kier alpha value is -1.69. The largest absolute Gasteiger partial charge is 0.474 e. The number of nitrogens with one attached hydrogen (secondary N) is 1. The molecule has 0 aliphatic heterocycles. The zero-order chi connectivity index (χ0) is 13.8. The molecule has 1 N–H and O–H groups in total. The van der Waals surface area contributed by atoms with Gasteiger partial charge in [-0.15, -0.1) is 0 Å². The van der Waals surface area contributed by atoms with E-state index in [9.17, 15) is 4.79 Å². The molecular formula is C13H19N3O3. The predicted molar refractivity (Wildman–Crippen MR) is 69.2 cm³/mol. The van der Waals surface area contributed by atoms with Crippen LogP contribution in [0.5, 0.6) is 5.88 Å². The summed E-state index contributed by atoms with van der Waals surface area (Å²) in [4.78, 5) is 19.5. The van der Waals surface area contributed by atoms with Gasteiger partial charge in [0, 0.05) is 11.8 Å². The molecule has 19 heavy (non-hydrogen) atoms. The van der Waals surface area contributed by atoms with Crippen LogP contribution in [0.1, 0.15) is 29.2 Å². The highest BCUT2D eigenvalue weighted by Crippen LogP contribution is 2.30. The van der Waals surface area contributed by atoms with E-state index < -0.39 is 5.97 Å². The monoisotopic (exact) mass is 265 g/mol. The van der Waals surface area contributed by atoms with E-state index in [4.69, 9.17) is 4.74 Å². The quantitative estimate of drug-likeness (QED) is 0.799. The average molecular weight is 265 g/mol. The van der Waals surface area contributed by atoms with Crippen LogP contribution in [0.15, 0.2) is 6.07 Å². The first-order valence-electron chi connectivity index (χ1n) is 6.37. The Morgan fingerprint density at radius 3 is 2.84 bits per heavy atom. The molecule has 0 unspecified atom stereocenters. The molecular weight excluding hydrogens is 246 g/mol. The van der Waals surface area contributed by atoms with Crippen LogP contribution >= 0.6 is 0 Å². The normalized spacial score (nSPS) is 21.6. The fraction of sp³-hybridized carbons (Fsp3) is 0.615. The number of carbonyl (C=O) groups is 1. The summed E-state index contributed by atoms with van der Waals surface area (Å²) < 4.78 is 10.4. The number of methoxy groups -OCH3 is 1. The van der Waals surface area contributed by atoms with Crippen LogP contribution in [-0.2, 0) is 4.74 Å². The van der Waals surface area contributed by atoms with Gasteiger partial charge >= 0.3 is 5.97 Å². The van der Waals surface area contributed by atoms with Crippen LogP contribution < -0.4 is 10.1 Å². The standard InChI is InChI=1S/C13H19N3O3/c1-8-4-11(16-12(15-8)13(17)18-3)19-10-5-9(6-10)7-14-2/h4,9-10,14H,5-7H2,1-3H3. The zero-order valence-electron chi connectivity index (χ0n) is 11.5. The SMILES string of the molecule is CNCC1CC(Oc2cc(C)nc(C(=O)OC)n2)C1. The molecule has 1 aromatic heterocycles. The van der Waals surface area contributed by atoms with Crippen LogP contribution in [0.2, 0.25) is 0 Å². The Morgan fingerprint density at radius 1 is 1.47 bits per heavy atom. The second kappa shape index (κ2) is 5.97. The third-order valence-corrected chi connectivity index (χ3v) is 3.17. The maximum atomic E-state index is 11.4. The van der Waals surface area contributed by atoms with Crippen molar-refractivity contribution in [2.75, 3.05) is 20.7 Å². The molecule has 0 amide bonds. The summed E-state index contributed by atoms with van der Waals surface area (Å²) in [7, 11) is 3.26. The first-order chi connectivity index (χ1) is 9.12. The molecule has 1 aliphatic carbocycles. The second-order valence-corrected chi connectivity index (χ2v) is 4.80. The van der Waals surface area contributed by atoms with Crippen molar-refractivity contribution in [2.24, 2.45) is 5.92 Å². The van der Waals surface area contributed by atoms with E-state index in [1.165, 1.54) is 7.11 Å². The molecule has 1 aliphatic rings. The molecule has 0 atom stereocenters. The van der Waals surface area contributed by atoms with Crippen LogP contribution in [-0.4, -0.2) is 42.7 Å². The highest BCUT2D eigenvalue weighted by atomic mass is 16.5. The van der Waals surface area contributed by atoms with Crippen LogP contribution in [0.4, 0.5) is 0 Å². The highest BCUT2D eigenvalue weighted by molar-refractivity contribution is 5.85. The first-order valence-corrected chi connectivity index (χ1v) is 6.37. The number of aromatic nitrogens is 2. The van der Waals surface area contributed by atoms with E-state index >= 15 is 0 Å². The van der Waals surface area contributed by atoms with E-state index in [2.05, 4.69) is 20.0 Å². The van der Waals surface area contributed by atoms with Gasteiger partial charge in [-0.25, -0.2) is 9.78 Å². The molecule has 1 fully saturated rings. The third-order valence-electron chi connectivity index (χ3n) is 3.17. The number of carbonyl (C=O) groups excluding carboxylic acids is 1. The van der Waals surface area contributed by atoms with Crippen LogP contribution in [0, 0.1) is 12.8 Å². The third kappa shape index (κ3) is 3.41. The minimum absolute atomic E-state index is 0.0450. The Bertz CT molecular complexity index is 458. The lowest BCUT2D eigenvalue weighted by molar-refractivity contribution is 0.0549. The number of ether oxygens (including phenoxy) is 2. The number of nitrogens with zero attached hydrogens (tertiary/aromatic N) is 2. The number of hydrogen-bond donors (Lipinski definition) is 1. The number of rotatable bonds is 5. The highest BCUT2D eigenvalue weighted by Gasteiger charge is 2.30. The van der Waals surface area contributed by atoms with Crippen LogP contribution in [0.3, 0.4) is 0 Å². The van der Waals surface area contributed by atoms with Gasteiger partial charge in [0.2, 0.25) is 11.7 Å². The van der Waals surface area contributed by atoms with Crippen molar-refractivity contribution in [1.82, 2.24) is 15.3 Å². The maximum absolute atomic E-state index is 11.4. The molecule has 0 aromatic carbocycles. The predicted octanol–water partition coefficient (Wildman–Crippen LogP) is 0.948. The summed E-state index contributed by atoms with van der Waals surface area (Å²) in [6.45, 7) is 2.81. The Kier molecular flexibility index (Phi) is 4.31. The summed E-state index contributed by atoms with van der Waals surface area (Å²) in [5.74, 6) is 0.609. The first kappa shape index (κ1) is 13.7. The summed E-state index contributed by atoms with van der Waals surface area (Å²) in [6, 6.07) is 1.73. The number of hydrogen-bond acceptors (Lipinski definition) is 6. The van der Waals surface area contributed by atoms with Gasteiger partial charge in [0.05, 0.1) is 7.11 Å². The van der Waals surface area contributed by atoms with Gasteiger partial charge in [-0.1, -0.05) is 0 Å². The smallest absolute Gasteiger partial charge is 0.376 e. The Morgan fingerprint density at radius 2 is 2.21 bits per heavy atom. The van der Waals surface area contributed by atoms with E-state index in [1.54, 1.807) is 13.0 Å². The van der Waals surface area contributed by atoms with Crippen molar-refractivity contribution in [3.63, 3.8) is 0 Å². The molecule has 104 valence electrons. The van der Waals surface area contributed by atoms with Crippen molar-refractivity contribution in [3.8, 4) is 5.88 Å². The molecule has 2 rings (SSSR count). The molecule has 0 spiro atoms. The lowest BCUT2D eigenvalue weighted by Crippen LogP contribution is -2.38. The zero-order valence-corrected chi connectivity index (χ0v) is 11.5. The minimum Gasteiger partial charge on any atom is -0.474 e. The summed E-state index contributed by atoms with van der Waals surface area (Å²) in [5, 5.41) is 3.15. The lowest BCUT2D eigenvalue weighted by atomic mass is 9.82.